The Labute approximate surface area is 175 Å². The van der Waals surface area contributed by atoms with E-state index in [9.17, 15) is 9.59 Å². The van der Waals surface area contributed by atoms with E-state index in [2.05, 4.69) is 23.5 Å². The number of rotatable bonds is 5. The van der Waals surface area contributed by atoms with Crippen molar-refractivity contribution in [3.63, 3.8) is 0 Å². The number of benzene rings is 2. The number of carbonyl (C=O) groups is 1. The number of para-hydroxylation sites is 2. The van der Waals surface area contributed by atoms with Crippen LogP contribution in [0.1, 0.15) is 42.9 Å². The van der Waals surface area contributed by atoms with Crippen LogP contribution in [-0.2, 0) is 17.8 Å². The Kier molecular flexibility index (Phi) is 4.87. The van der Waals surface area contributed by atoms with Crippen LogP contribution in [0.2, 0.25) is 0 Å². The lowest BCUT2D eigenvalue weighted by atomic mass is 9.87. The number of carbonyl (C=O) groups excluding carboxylic acids is 1. The van der Waals surface area contributed by atoms with E-state index in [1.54, 1.807) is 4.57 Å². The van der Waals surface area contributed by atoms with Crippen LogP contribution >= 0.6 is 0 Å². The minimum Gasteiger partial charge on any atom is -0.349 e. The predicted octanol–water partition coefficient (Wildman–Crippen LogP) is 4.23. The van der Waals surface area contributed by atoms with Gasteiger partial charge in [0.05, 0.1) is 17.1 Å². The highest BCUT2D eigenvalue weighted by molar-refractivity contribution is 5.79. The summed E-state index contributed by atoms with van der Waals surface area (Å²) in [6.07, 6.45) is 6.12. The van der Waals surface area contributed by atoms with Crippen LogP contribution in [0.5, 0.6) is 0 Å². The predicted molar refractivity (Wildman–Crippen MR) is 119 cm³/mol. The van der Waals surface area contributed by atoms with E-state index in [1.165, 1.54) is 11.1 Å². The maximum Gasteiger partial charge on any atom is 0.275 e. The van der Waals surface area contributed by atoms with E-state index < -0.39 is 0 Å². The lowest BCUT2D eigenvalue weighted by Gasteiger charge is -2.26. The van der Waals surface area contributed by atoms with Crippen LogP contribution < -0.4 is 10.9 Å². The zero-order valence-corrected chi connectivity index (χ0v) is 16.9. The summed E-state index contributed by atoms with van der Waals surface area (Å²) in [5.74, 6) is 0.0535. The van der Waals surface area contributed by atoms with Gasteiger partial charge in [-0.15, -0.1) is 0 Å². The Hall–Kier alpha value is -3.34. The second-order valence-electron chi connectivity index (χ2n) is 8.02. The quantitative estimate of drug-likeness (QED) is 0.546. The third-order valence-electron chi connectivity index (χ3n) is 6.14. The number of nitrogens with zero attached hydrogens (tertiary/aromatic N) is 2. The molecule has 4 aromatic rings. The number of fused-ring (bicyclic) bond motifs is 4. The summed E-state index contributed by atoms with van der Waals surface area (Å²) in [7, 11) is 0. The molecule has 5 rings (SSSR count). The minimum atomic E-state index is -0.0136. The highest BCUT2D eigenvalue weighted by atomic mass is 16.1. The van der Waals surface area contributed by atoms with Gasteiger partial charge in [-0.05, 0) is 61.1 Å². The van der Waals surface area contributed by atoms with Gasteiger partial charge in [0, 0.05) is 19.2 Å². The number of nitrogens with one attached hydrogen (secondary N) is 1. The highest BCUT2D eigenvalue weighted by Gasteiger charge is 2.21. The Morgan fingerprint density at radius 2 is 1.73 bits per heavy atom. The van der Waals surface area contributed by atoms with Gasteiger partial charge in [-0.25, -0.2) is 0 Å². The van der Waals surface area contributed by atoms with Gasteiger partial charge >= 0.3 is 0 Å². The van der Waals surface area contributed by atoms with E-state index in [-0.39, 0.29) is 17.5 Å². The second-order valence-corrected chi connectivity index (χ2v) is 8.02. The molecule has 2 aromatic heterocycles. The maximum absolute atomic E-state index is 13.0. The van der Waals surface area contributed by atoms with E-state index in [0.29, 0.717) is 24.9 Å². The number of hydrogen-bond donors (Lipinski definition) is 1. The highest BCUT2D eigenvalue weighted by Crippen LogP contribution is 2.29. The van der Waals surface area contributed by atoms with Crippen molar-refractivity contribution in [1.29, 1.82) is 0 Å². The lowest BCUT2D eigenvalue weighted by Crippen LogP contribution is -2.31. The minimum absolute atomic E-state index is 0.0136. The number of aryl methyl sites for hydroxylation is 2. The number of hydrogen-bond acceptors (Lipinski definition) is 2. The largest absolute Gasteiger partial charge is 0.349 e. The monoisotopic (exact) mass is 399 g/mol. The van der Waals surface area contributed by atoms with Crippen LogP contribution in [0.4, 0.5) is 0 Å². The van der Waals surface area contributed by atoms with Crippen LogP contribution in [0.25, 0.3) is 16.6 Å². The molecule has 0 spiro atoms. The third-order valence-corrected chi connectivity index (χ3v) is 6.14. The first-order valence-corrected chi connectivity index (χ1v) is 10.7. The van der Waals surface area contributed by atoms with Crippen molar-refractivity contribution in [3.8, 4) is 0 Å². The van der Waals surface area contributed by atoms with Gasteiger partial charge in [-0.2, -0.15) is 0 Å². The molecule has 0 aliphatic heterocycles. The molecule has 1 atom stereocenters. The summed E-state index contributed by atoms with van der Waals surface area (Å²) in [6.45, 7) is 0.524. The van der Waals surface area contributed by atoms with E-state index in [4.69, 9.17) is 0 Å². The van der Waals surface area contributed by atoms with Crippen LogP contribution in [0.3, 0.4) is 0 Å². The molecule has 1 aliphatic rings. The first-order valence-electron chi connectivity index (χ1n) is 10.7. The molecule has 5 nitrogen and oxygen atoms in total. The Morgan fingerprint density at radius 3 is 2.63 bits per heavy atom. The van der Waals surface area contributed by atoms with E-state index in [1.807, 2.05) is 53.1 Å². The molecule has 0 unspecified atom stereocenters. The molecule has 0 bridgehead atoms. The maximum atomic E-state index is 13.0. The molecule has 0 fully saturated rings. The van der Waals surface area contributed by atoms with Crippen molar-refractivity contribution in [2.75, 3.05) is 0 Å². The summed E-state index contributed by atoms with van der Waals surface area (Å²) < 4.78 is 3.73. The molecule has 1 amide bonds. The molecule has 5 heteroatoms. The molecule has 2 heterocycles. The topological polar surface area (TPSA) is 55.5 Å². The fourth-order valence-electron chi connectivity index (χ4n) is 4.70. The van der Waals surface area contributed by atoms with Crippen LogP contribution in [-0.4, -0.2) is 14.9 Å². The molecule has 0 saturated heterocycles. The molecule has 152 valence electrons. The van der Waals surface area contributed by atoms with Crippen LogP contribution in [0, 0.1) is 0 Å². The molecular formula is C25H25N3O2. The Morgan fingerprint density at radius 1 is 0.967 bits per heavy atom. The summed E-state index contributed by atoms with van der Waals surface area (Å²) in [4.78, 5) is 25.6. The zero-order valence-electron chi connectivity index (χ0n) is 16.9. The van der Waals surface area contributed by atoms with Gasteiger partial charge in [-0.3, -0.25) is 9.59 Å². The van der Waals surface area contributed by atoms with Crippen molar-refractivity contribution < 1.29 is 4.79 Å². The van der Waals surface area contributed by atoms with Gasteiger partial charge in [0.1, 0.15) is 5.52 Å². The van der Waals surface area contributed by atoms with Crippen molar-refractivity contribution >= 4 is 22.5 Å². The third kappa shape index (κ3) is 3.30. The molecule has 1 aliphatic carbocycles. The molecule has 1 N–H and O–H groups in total. The summed E-state index contributed by atoms with van der Waals surface area (Å²) in [5.41, 5.74) is 5.14. The van der Waals surface area contributed by atoms with Gasteiger partial charge in [0.2, 0.25) is 5.91 Å². The number of amides is 1. The Balaban J connectivity index is 1.30. The number of aromatic nitrogens is 2. The lowest BCUT2D eigenvalue weighted by molar-refractivity contribution is -0.122. The summed E-state index contributed by atoms with van der Waals surface area (Å²) >= 11 is 0. The van der Waals surface area contributed by atoms with Crippen LogP contribution in [0.15, 0.2) is 71.7 Å². The molecular weight excluding hydrogens is 374 g/mol. The molecule has 30 heavy (non-hydrogen) atoms. The second kappa shape index (κ2) is 7.82. The van der Waals surface area contributed by atoms with Gasteiger partial charge in [0.15, 0.2) is 0 Å². The first-order chi connectivity index (χ1) is 14.7. The van der Waals surface area contributed by atoms with Gasteiger partial charge < -0.3 is 14.3 Å². The van der Waals surface area contributed by atoms with Crippen molar-refractivity contribution in [1.82, 2.24) is 14.3 Å². The fourth-order valence-corrected chi connectivity index (χ4v) is 4.70. The summed E-state index contributed by atoms with van der Waals surface area (Å²) in [5, 5.41) is 3.21. The normalized spacial score (nSPS) is 15.9. The standard InChI is InChI=1S/C25H25N3O2/c29-24(26-20-11-5-9-18-8-1-2-10-19(18)20)15-7-17-28-22-13-4-3-12-21(22)27-16-6-14-23(27)25(28)30/h1-4,6,8,10,12-14,16,20H,5,7,9,11,15,17H2,(H,26,29)/t20-/m1/s1. The fraction of sp³-hybridized carbons (Fsp3) is 0.280. The SMILES string of the molecule is O=C(CCCn1c(=O)c2cccn2c2ccccc21)N[C@@H]1CCCc2ccccc21. The molecule has 0 radical (unpaired) electrons. The average Bonchev–Trinajstić information content (AvgIpc) is 3.27. The van der Waals surface area contributed by atoms with Gasteiger partial charge in [-0.1, -0.05) is 36.4 Å². The van der Waals surface area contributed by atoms with Crippen molar-refractivity contribution in [3.05, 3.63) is 88.3 Å². The van der Waals surface area contributed by atoms with E-state index >= 15 is 0 Å². The van der Waals surface area contributed by atoms with Gasteiger partial charge in [0.25, 0.3) is 5.56 Å². The first kappa shape index (κ1) is 18.7. The van der Waals surface area contributed by atoms with Crippen molar-refractivity contribution in [2.24, 2.45) is 0 Å². The molecule has 0 saturated carbocycles. The van der Waals surface area contributed by atoms with Crippen molar-refractivity contribution in [2.45, 2.75) is 44.7 Å². The average molecular weight is 399 g/mol. The molecule has 2 aromatic carbocycles. The Bertz CT molecular complexity index is 1280. The smallest absolute Gasteiger partial charge is 0.275 e. The zero-order chi connectivity index (χ0) is 20.5. The summed E-state index contributed by atoms with van der Waals surface area (Å²) in [6, 6.07) is 20.1. The van der Waals surface area contributed by atoms with E-state index in [0.717, 1.165) is 30.3 Å².